The molecule has 1 heterocycles. The van der Waals surface area contributed by atoms with Crippen molar-refractivity contribution in [3.8, 4) is 0 Å². The minimum Gasteiger partial charge on any atom is -0.353 e. The van der Waals surface area contributed by atoms with Crippen LogP contribution in [0, 0.1) is 5.92 Å². The molecule has 0 aliphatic carbocycles. The molecule has 0 saturated carbocycles. The van der Waals surface area contributed by atoms with Crippen molar-refractivity contribution in [3.05, 3.63) is 66.0 Å². The van der Waals surface area contributed by atoms with Crippen LogP contribution in [0.25, 0.3) is 6.08 Å². The first-order valence-electron chi connectivity index (χ1n) is 10.8. The van der Waals surface area contributed by atoms with Gasteiger partial charge in [0.1, 0.15) is 6.54 Å². The highest BCUT2D eigenvalue weighted by atomic mass is 16.2. The summed E-state index contributed by atoms with van der Waals surface area (Å²) in [7, 11) is 1.99. The molecule has 2 amide bonds. The Balaban J connectivity index is 2.11. The lowest BCUT2D eigenvalue weighted by Gasteiger charge is -2.28. The van der Waals surface area contributed by atoms with Crippen molar-refractivity contribution in [1.29, 1.82) is 0 Å². The van der Waals surface area contributed by atoms with Crippen molar-refractivity contribution >= 4 is 17.9 Å². The molecule has 0 radical (unpaired) electrons. The Morgan fingerprint density at radius 1 is 1.07 bits per heavy atom. The van der Waals surface area contributed by atoms with Gasteiger partial charge in [-0.25, -0.2) is 0 Å². The zero-order chi connectivity index (χ0) is 21.9. The number of aryl methyl sites for hydroxylation is 1. The first-order valence-corrected chi connectivity index (χ1v) is 10.8. The molecule has 1 aromatic heterocycles. The lowest BCUT2D eigenvalue weighted by molar-refractivity contribution is -0.139. The van der Waals surface area contributed by atoms with Gasteiger partial charge in [-0.15, -0.1) is 0 Å². The lowest BCUT2D eigenvalue weighted by Crippen LogP contribution is -2.44. The predicted molar refractivity (Wildman–Crippen MR) is 123 cm³/mol. The van der Waals surface area contributed by atoms with Crippen molar-refractivity contribution in [2.75, 3.05) is 19.6 Å². The molecule has 0 unspecified atom stereocenters. The van der Waals surface area contributed by atoms with E-state index in [0.717, 1.165) is 24.1 Å². The Morgan fingerprint density at radius 2 is 1.80 bits per heavy atom. The van der Waals surface area contributed by atoms with Gasteiger partial charge in [-0.1, -0.05) is 57.5 Å². The highest BCUT2D eigenvalue weighted by molar-refractivity contribution is 5.94. The standard InChI is InChI=1S/C25H35N3O2/c1-5-6-17-27(19-23-13-10-16-26(23)4)25(30)20-28(18-21(2)3)24(29)15-14-22-11-8-7-9-12-22/h7-16,21H,5-6,17-20H2,1-4H3/b15-14+. The van der Waals surface area contributed by atoms with E-state index < -0.39 is 0 Å². The van der Waals surface area contributed by atoms with Gasteiger partial charge in [-0.05, 0) is 36.1 Å². The van der Waals surface area contributed by atoms with Crippen LogP contribution in [0.3, 0.4) is 0 Å². The van der Waals surface area contributed by atoms with E-state index in [9.17, 15) is 9.59 Å². The number of carbonyl (C=O) groups is 2. The molecule has 0 N–H and O–H groups in total. The third kappa shape index (κ3) is 7.54. The molecule has 0 atom stereocenters. The molecule has 5 nitrogen and oxygen atoms in total. The maximum atomic E-state index is 13.2. The molecule has 0 fully saturated rings. The number of nitrogens with zero attached hydrogens (tertiary/aromatic N) is 3. The summed E-state index contributed by atoms with van der Waals surface area (Å²) in [6.45, 7) is 8.15. The Hall–Kier alpha value is -2.82. The maximum Gasteiger partial charge on any atom is 0.247 e. The van der Waals surface area contributed by atoms with Gasteiger partial charge in [0.2, 0.25) is 11.8 Å². The van der Waals surface area contributed by atoms with Gasteiger partial charge in [0, 0.05) is 38.1 Å². The van der Waals surface area contributed by atoms with Crippen molar-refractivity contribution in [2.24, 2.45) is 13.0 Å². The number of benzene rings is 1. The molecule has 0 spiro atoms. The second-order valence-corrected chi connectivity index (χ2v) is 8.14. The van der Waals surface area contributed by atoms with Crippen LogP contribution in [-0.2, 0) is 23.2 Å². The van der Waals surface area contributed by atoms with Crippen LogP contribution in [0.4, 0.5) is 0 Å². The smallest absolute Gasteiger partial charge is 0.247 e. The van der Waals surface area contributed by atoms with Gasteiger partial charge in [0.05, 0.1) is 6.54 Å². The Kier molecular flexibility index (Phi) is 9.39. The quantitative estimate of drug-likeness (QED) is 0.518. The van der Waals surface area contributed by atoms with Crippen molar-refractivity contribution in [1.82, 2.24) is 14.4 Å². The topological polar surface area (TPSA) is 45.6 Å². The fourth-order valence-corrected chi connectivity index (χ4v) is 3.27. The third-order valence-corrected chi connectivity index (χ3v) is 4.98. The Labute approximate surface area is 181 Å². The Bertz CT molecular complexity index is 824. The van der Waals surface area contributed by atoms with Gasteiger partial charge in [-0.2, -0.15) is 0 Å². The Morgan fingerprint density at radius 3 is 2.40 bits per heavy atom. The highest BCUT2D eigenvalue weighted by Gasteiger charge is 2.21. The fourth-order valence-electron chi connectivity index (χ4n) is 3.27. The van der Waals surface area contributed by atoms with E-state index >= 15 is 0 Å². The van der Waals surface area contributed by atoms with Gasteiger partial charge in [-0.3, -0.25) is 9.59 Å². The van der Waals surface area contributed by atoms with E-state index in [1.54, 1.807) is 17.1 Å². The van der Waals surface area contributed by atoms with Gasteiger partial charge < -0.3 is 14.4 Å². The largest absolute Gasteiger partial charge is 0.353 e. The number of amides is 2. The average Bonchev–Trinajstić information content (AvgIpc) is 3.13. The van der Waals surface area contributed by atoms with E-state index in [4.69, 9.17) is 0 Å². The maximum absolute atomic E-state index is 13.2. The van der Waals surface area contributed by atoms with Gasteiger partial charge >= 0.3 is 0 Å². The zero-order valence-electron chi connectivity index (χ0n) is 18.8. The molecule has 0 bridgehead atoms. The molecule has 1 aromatic carbocycles. The van der Waals surface area contributed by atoms with Gasteiger partial charge in [0.15, 0.2) is 0 Å². The normalized spacial score (nSPS) is 11.2. The number of unbranched alkanes of at least 4 members (excludes halogenated alkanes) is 1. The molecule has 0 saturated heterocycles. The minimum atomic E-state index is -0.129. The molecular formula is C25H35N3O2. The molecule has 2 aromatic rings. The lowest BCUT2D eigenvalue weighted by atomic mass is 10.2. The molecule has 0 aliphatic rings. The SMILES string of the molecule is CCCCN(Cc1cccn1C)C(=O)CN(CC(C)C)C(=O)/C=C/c1ccccc1. The van der Waals surface area contributed by atoms with Gasteiger partial charge in [0.25, 0.3) is 0 Å². The van der Waals surface area contributed by atoms with Crippen LogP contribution < -0.4 is 0 Å². The molecule has 2 rings (SSSR count). The summed E-state index contributed by atoms with van der Waals surface area (Å²) < 4.78 is 2.03. The molecular weight excluding hydrogens is 374 g/mol. The summed E-state index contributed by atoms with van der Waals surface area (Å²) in [4.78, 5) is 29.6. The summed E-state index contributed by atoms with van der Waals surface area (Å²) in [6.07, 6.45) is 7.33. The van der Waals surface area contributed by atoms with Crippen LogP contribution in [0.15, 0.2) is 54.7 Å². The van der Waals surface area contributed by atoms with E-state index in [0.29, 0.717) is 19.6 Å². The summed E-state index contributed by atoms with van der Waals surface area (Å²) in [6, 6.07) is 13.7. The van der Waals surface area contributed by atoms with Crippen LogP contribution in [0.5, 0.6) is 0 Å². The van der Waals surface area contributed by atoms with E-state index in [1.165, 1.54) is 0 Å². The van der Waals surface area contributed by atoms with E-state index in [-0.39, 0.29) is 24.3 Å². The number of hydrogen-bond donors (Lipinski definition) is 0. The number of carbonyl (C=O) groups excluding carboxylic acids is 2. The summed E-state index contributed by atoms with van der Waals surface area (Å²) in [5.74, 6) is 0.144. The van der Waals surface area contributed by atoms with Crippen LogP contribution >= 0.6 is 0 Å². The fraction of sp³-hybridized carbons (Fsp3) is 0.440. The van der Waals surface area contributed by atoms with E-state index in [2.05, 4.69) is 20.8 Å². The second kappa shape index (κ2) is 12.0. The molecule has 162 valence electrons. The summed E-state index contributed by atoms with van der Waals surface area (Å²) >= 11 is 0. The number of aromatic nitrogens is 1. The second-order valence-electron chi connectivity index (χ2n) is 8.14. The molecule has 5 heteroatoms. The van der Waals surface area contributed by atoms with Crippen LogP contribution in [0.2, 0.25) is 0 Å². The molecule has 0 aliphatic heterocycles. The van der Waals surface area contributed by atoms with Crippen LogP contribution in [-0.4, -0.2) is 45.8 Å². The minimum absolute atomic E-state index is 0.00763. The molecule has 30 heavy (non-hydrogen) atoms. The highest BCUT2D eigenvalue weighted by Crippen LogP contribution is 2.10. The van der Waals surface area contributed by atoms with Crippen molar-refractivity contribution in [3.63, 3.8) is 0 Å². The average molecular weight is 410 g/mol. The van der Waals surface area contributed by atoms with Crippen molar-refractivity contribution < 1.29 is 9.59 Å². The van der Waals surface area contributed by atoms with Crippen molar-refractivity contribution in [2.45, 2.75) is 40.2 Å². The zero-order valence-corrected chi connectivity index (χ0v) is 18.8. The first-order chi connectivity index (χ1) is 14.4. The third-order valence-electron chi connectivity index (χ3n) is 4.98. The summed E-state index contributed by atoms with van der Waals surface area (Å²) in [5, 5.41) is 0. The monoisotopic (exact) mass is 409 g/mol. The number of hydrogen-bond acceptors (Lipinski definition) is 2. The van der Waals surface area contributed by atoms with Crippen LogP contribution in [0.1, 0.15) is 44.9 Å². The summed E-state index contributed by atoms with van der Waals surface area (Å²) in [5.41, 5.74) is 2.06. The predicted octanol–water partition coefficient (Wildman–Crippen LogP) is 4.35. The number of rotatable bonds is 11. The first kappa shape index (κ1) is 23.5. The van der Waals surface area contributed by atoms with E-state index in [1.807, 2.05) is 65.2 Å².